The fraction of sp³-hybridized carbons (Fsp3) is 0.333. The molecule has 0 atom stereocenters. The zero-order chi connectivity index (χ0) is 22.9. The van der Waals surface area contributed by atoms with Gasteiger partial charge in [0.1, 0.15) is 23.8 Å². The maximum Gasteiger partial charge on any atom is 0.408 e. The lowest BCUT2D eigenvalue weighted by atomic mass is 10.0. The molecule has 2 aromatic carbocycles. The second kappa shape index (κ2) is 14.3. The zero-order valence-electron chi connectivity index (χ0n) is 19.0. The number of benzene rings is 2. The Morgan fingerprint density at radius 3 is 1.31 bits per heavy atom. The molecule has 0 fully saturated rings. The van der Waals surface area contributed by atoms with Crippen molar-refractivity contribution in [1.29, 1.82) is 0 Å². The molecule has 0 unspecified atom stereocenters. The van der Waals surface area contributed by atoms with Gasteiger partial charge >= 0.3 is 10.3 Å². The van der Waals surface area contributed by atoms with Gasteiger partial charge in [-0.3, -0.25) is 0 Å². The van der Waals surface area contributed by atoms with E-state index < -0.39 is 0 Å². The number of thiazole rings is 2. The fourth-order valence-corrected chi connectivity index (χ4v) is 4.70. The van der Waals surface area contributed by atoms with Gasteiger partial charge in [-0.1, -0.05) is 45.5 Å². The van der Waals surface area contributed by atoms with E-state index in [4.69, 9.17) is 0 Å². The summed E-state index contributed by atoms with van der Waals surface area (Å²) >= 11 is 3.16. The van der Waals surface area contributed by atoms with Crippen molar-refractivity contribution in [2.75, 3.05) is 0 Å². The van der Waals surface area contributed by atoms with E-state index in [1.807, 2.05) is 70.6 Å². The third kappa shape index (κ3) is 8.56. The van der Waals surface area contributed by atoms with E-state index in [9.17, 15) is 0 Å². The summed E-state index contributed by atoms with van der Waals surface area (Å²) < 4.78 is 3.93. The molecule has 6 nitrogen and oxygen atoms in total. The topological polar surface area (TPSA) is 57.2 Å². The van der Waals surface area contributed by atoms with Crippen LogP contribution in [0.25, 0.3) is 0 Å². The summed E-state index contributed by atoms with van der Waals surface area (Å²) in [4.78, 5) is 0. The highest BCUT2D eigenvalue weighted by Crippen LogP contribution is 2.21. The number of aryl methyl sites for hydroxylation is 4. The van der Waals surface area contributed by atoms with Crippen LogP contribution in [0, 0.1) is 0 Å². The molecule has 184 valence electrons. The number of aromatic nitrogens is 2. The van der Waals surface area contributed by atoms with E-state index in [1.54, 1.807) is 22.7 Å². The van der Waals surface area contributed by atoms with Crippen LogP contribution in [0.15, 0.2) is 92.1 Å². The van der Waals surface area contributed by atoms with Gasteiger partial charge in [-0.05, 0) is 94.0 Å². The average molecular weight is 509 g/mol. The van der Waals surface area contributed by atoms with E-state index in [0.29, 0.717) is 0 Å². The van der Waals surface area contributed by atoms with E-state index in [-0.39, 0.29) is 14.9 Å². The number of hydrogen-bond acceptors (Lipinski definition) is 6. The van der Waals surface area contributed by atoms with Gasteiger partial charge in [0.15, 0.2) is 0 Å². The van der Waals surface area contributed by atoms with E-state index in [1.165, 1.54) is 30.4 Å². The first kappa shape index (κ1) is 28.1. The smallest absolute Gasteiger partial charge is 0.222 e. The summed E-state index contributed by atoms with van der Waals surface area (Å²) in [5.41, 5.74) is 4.48. The number of unbranched alkanes of at least 4 members (excludes halogenated alkanes) is 2. The Morgan fingerprint density at radius 1 is 0.571 bits per heavy atom. The van der Waals surface area contributed by atoms with Crippen molar-refractivity contribution in [3.05, 3.63) is 82.8 Å². The minimum Gasteiger partial charge on any atom is -0.222 e. The Morgan fingerprint density at radius 2 is 0.971 bits per heavy atom. The minimum atomic E-state index is 0. The van der Waals surface area contributed by atoms with Crippen LogP contribution in [-0.2, 0) is 26.9 Å². The molecule has 0 radical (unpaired) electrons. The zero-order valence-corrected chi connectivity index (χ0v) is 20.6. The van der Waals surface area contributed by atoms with Crippen LogP contribution in [0.2, 0.25) is 0 Å². The van der Waals surface area contributed by atoms with Crippen molar-refractivity contribution in [3.63, 3.8) is 0 Å². The molecular weight excluding hydrogens is 472 g/mol. The second-order valence-corrected chi connectivity index (χ2v) is 9.63. The number of nitrogens with zero attached hydrogens (tertiary/aromatic N) is 6. The Bertz CT molecular complexity index is 1110. The number of azo groups is 2. The first-order valence-corrected chi connectivity index (χ1v) is 12.8. The van der Waals surface area contributed by atoms with Crippen molar-refractivity contribution in [1.82, 2.24) is 0 Å². The molecule has 4 rings (SSSR count). The predicted octanol–water partition coefficient (Wildman–Crippen LogP) is 8.52. The Labute approximate surface area is 217 Å². The van der Waals surface area contributed by atoms with E-state index >= 15 is 0 Å². The molecule has 0 amide bonds. The predicted molar refractivity (Wildman–Crippen MR) is 147 cm³/mol. The normalized spacial score (nSPS) is 11.0. The monoisotopic (exact) mass is 508 g/mol. The molecule has 8 heteroatoms. The molecule has 0 N–H and O–H groups in total. The maximum absolute atomic E-state index is 4.33. The van der Waals surface area contributed by atoms with Gasteiger partial charge in [-0.2, -0.15) is 0 Å². The highest BCUT2D eigenvalue weighted by Gasteiger charge is 2.08. The van der Waals surface area contributed by atoms with E-state index in [2.05, 4.69) is 44.7 Å². The summed E-state index contributed by atoms with van der Waals surface area (Å²) in [5, 5.41) is 23.1. The molecule has 0 aliphatic rings. The Hall–Kier alpha value is -3.10. The van der Waals surface area contributed by atoms with Crippen molar-refractivity contribution < 1.29 is 9.13 Å². The molecule has 2 aromatic heterocycles. The third-order valence-corrected chi connectivity index (χ3v) is 7.00. The lowest BCUT2D eigenvalue weighted by molar-refractivity contribution is -0.654. The molecule has 2 heterocycles. The van der Waals surface area contributed by atoms with E-state index in [0.717, 1.165) is 34.5 Å². The van der Waals surface area contributed by atoms with Gasteiger partial charge in [0, 0.05) is 10.8 Å². The molecule has 4 aromatic rings. The van der Waals surface area contributed by atoms with Crippen LogP contribution in [-0.4, -0.2) is 0 Å². The van der Waals surface area contributed by atoms with Crippen molar-refractivity contribution in [2.24, 2.45) is 34.6 Å². The summed E-state index contributed by atoms with van der Waals surface area (Å²) in [7, 11) is 3.95. The average Bonchev–Trinajstić information content (AvgIpc) is 3.45. The van der Waals surface area contributed by atoms with Crippen molar-refractivity contribution in [3.8, 4) is 0 Å². The van der Waals surface area contributed by atoms with Crippen LogP contribution >= 0.6 is 22.7 Å². The van der Waals surface area contributed by atoms with Crippen LogP contribution in [0.5, 0.6) is 0 Å². The summed E-state index contributed by atoms with van der Waals surface area (Å²) in [5.74, 6) is 0. The Kier molecular flexibility index (Phi) is 11.5. The highest BCUT2D eigenvalue weighted by molar-refractivity contribution is 7.13. The van der Waals surface area contributed by atoms with Gasteiger partial charge in [0.25, 0.3) is 0 Å². The summed E-state index contributed by atoms with van der Waals surface area (Å²) in [6.45, 7) is 0. The number of hydrogen-bond donors (Lipinski definition) is 0. The fourth-order valence-electron chi connectivity index (χ4n) is 3.34. The first-order valence-electron chi connectivity index (χ1n) is 11.0. The van der Waals surface area contributed by atoms with Crippen LogP contribution in [0.4, 0.5) is 21.6 Å². The van der Waals surface area contributed by atoms with Crippen LogP contribution in [0.3, 0.4) is 0 Å². The van der Waals surface area contributed by atoms with Crippen molar-refractivity contribution in [2.45, 2.75) is 47.0 Å². The molecule has 0 saturated heterocycles. The standard InChI is InChI=1S/C25H28N6S2.2CH4/c1-30-16-18-32-24(30)28-26-22-12-8-20(9-13-22)6-4-3-5-7-21-10-14-23(15-11-21)27-29-25-31(2)17-19-33-25;;/h8-19H,3-7H2,1-2H3;2*1H4/q+2;;. The third-order valence-electron chi connectivity index (χ3n) is 5.32. The van der Waals surface area contributed by atoms with Crippen molar-refractivity contribution >= 4 is 44.3 Å². The van der Waals surface area contributed by atoms with Gasteiger partial charge in [0.05, 0.1) is 24.3 Å². The SMILES string of the molecule is C.C.C[n+]1ccsc1N=Nc1ccc(CCCCCc2ccc(N=Nc3scc[n+]3C)cc2)cc1. The molecular formula is C27H36N6S2+2. The summed E-state index contributed by atoms with van der Waals surface area (Å²) in [6, 6.07) is 16.8. The highest BCUT2D eigenvalue weighted by atomic mass is 32.1. The maximum atomic E-state index is 4.33. The summed E-state index contributed by atoms with van der Waals surface area (Å²) in [6.07, 6.45) is 9.75. The quantitative estimate of drug-likeness (QED) is 0.117. The van der Waals surface area contributed by atoms with Gasteiger partial charge in [-0.25, -0.2) is 9.13 Å². The van der Waals surface area contributed by atoms with Gasteiger partial charge < -0.3 is 0 Å². The first-order chi connectivity index (χ1) is 16.2. The van der Waals surface area contributed by atoms with Gasteiger partial charge in [-0.15, -0.1) is 0 Å². The second-order valence-electron chi connectivity index (χ2n) is 7.89. The Balaban J connectivity index is 0.00000216. The lowest BCUT2D eigenvalue weighted by Gasteiger charge is -2.03. The minimum absolute atomic E-state index is 0. The largest absolute Gasteiger partial charge is 0.408 e. The molecule has 0 aliphatic carbocycles. The number of rotatable bonds is 10. The molecule has 0 bridgehead atoms. The lowest BCUT2D eigenvalue weighted by Crippen LogP contribution is -2.23. The van der Waals surface area contributed by atoms with Crippen LogP contribution in [0.1, 0.15) is 45.2 Å². The van der Waals surface area contributed by atoms with Gasteiger partial charge in [0.2, 0.25) is 0 Å². The molecule has 0 saturated carbocycles. The van der Waals surface area contributed by atoms with Crippen LogP contribution < -0.4 is 9.13 Å². The molecule has 0 spiro atoms. The molecule has 0 aliphatic heterocycles. The molecule has 35 heavy (non-hydrogen) atoms.